The zero-order valence-corrected chi connectivity index (χ0v) is 16.1. The van der Waals surface area contributed by atoms with E-state index in [2.05, 4.69) is 29.2 Å². The van der Waals surface area contributed by atoms with E-state index in [1.807, 2.05) is 37.6 Å². The Bertz CT molecular complexity index is 342. The predicted molar refractivity (Wildman–Crippen MR) is 98.9 cm³/mol. The van der Waals surface area contributed by atoms with E-state index >= 15 is 0 Å². The molecule has 0 rings (SSSR count). The number of nitrogens with zero attached hydrogens (tertiary/aromatic N) is 4. The Kier molecular flexibility index (Phi) is 12.4. The highest BCUT2D eigenvalue weighted by Gasteiger charge is 2.14. The summed E-state index contributed by atoms with van der Waals surface area (Å²) in [6.45, 7) is 13.7. The molecule has 0 aromatic carbocycles. The number of carbonyl (C=O) groups is 1. The highest BCUT2D eigenvalue weighted by molar-refractivity contribution is 5.86. The van der Waals surface area contributed by atoms with Gasteiger partial charge in [-0.25, -0.2) is 0 Å². The van der Waals surface area contributed by atoms with Gasteiger partial charge < -0.3 is 20.0 Å². The summed E-state index contributed by atoms with van der Waals surface area (Å²) in [4.78, 5) is 22.9. The minimum Gasteiger partial charge on any atom is -0.357 e. The van der Waals surface area contributed by atoms with Crippen LogP contribution in [-0.2, 0) is 4.79 Å². The fraction of sp³-hybridized carbons (Fsp3) is 0.882. The van der Waals surface area contributed by atoms with E-state index in [1.54, 1.807) is 0 Å². The summed E-state index contributed by atoms with van der Waals surface area (Å²) in [6, 6.07) is 0. The number of likely N-dealkylation sites (N-methyl/N-ethyl adjacent to an activating group) is 3. The Morgan fingerprint density at radius 3 is 2.22 bits per heavy atom. The fourth-order valence-electron chi connectivity index (χ4n) is 2.29. The summed E-state index contributed by atoms with van der Waals surface area (Å²) in [5, 5.41) is 3.27. The van der Waals surface area contributed by atoms with Crippen molar-refractivity contribution in [2.24, 2.45) is 4.99 Å². The lowest BCUT2D eigenvalue weighted by molar-refractivity contribution is -0.131. The maximum atomic E-state index is 12.2. The van der Waals surface area contributed by atoms with E-state index in [4.69, 9.17) is 0 Å². The van der Waals surface area contributed by atoms with Crippen LogP contribution in [-0.4, -0.2) is 86.5 Å². The maximum absolute atomic E-state index is 12.2. The molecular weight excluding hydrogens is 290 g/mol. The van der Waals surface area contributed by atoms with Gasteiger partial charge in [-0.1, -0.05) is 13.3 Å². The van der Waals surface area contributed by atoms with Gasteiger partial charge in [0.2, 0.25) is 5.91 Å². The van der Waals surface area contributed by atoms with E-state index in [1.165, 1.54) is 12.8 Å². The molecule has 0 saturated carbocycles. The van der Waals surface area contributed by atoms with Crippen molar-refractivity contribution in [3.8, 4) is 0 Å². The summed E-state index contributed by atoms with van der Waals surface area (Å²) in [5.41, 5.74) is 0. The molecule has 0 heterocycles. The summed E-state index contributed by atoms with van der Waals surface area (Å²) in [7, 11) is 4.05. The van der Waals surface area contributed by atoms with Crippen molar-refractivity contribution in [2.75, 3.05) is 59.9 Å². The largest absolute Gasteiger partial charge is 0.357 e. The quantitative estimate of drug-likeness (QED) is 0.461. The molecule has 0 bridgehead atoms. The third kappa shape index (κ3) is 9.43. The Balaban J connectivity index is 4.51. The van der Waals surface area contributed by atoms with Gasteiger partial charge in [-0.15, -0.1) is 0 Å². The highest BCUT2D eigenvalue weighted by atomic mass is 16.2. The monoisotopic (exact) mass is 327 g/mol. The lowest BCUT2D eigenvalue weighted by atomic mass is 10.3. The Labute approximate surface area is 142 Å². The van der Waals surface area contributed by atoms with Gasteiger partial charge in [0.15, 0.2) is 5.96 Å². The maximum Gasteiger partial charge on any atom is 0.242 e. The standard InChI is InChI=1S/C17H37N5O/c1-7-11-13-20(5)14-12-19-17(18-8-2)21(6)15-16(23)22(9-3)10-4/h7-15H2,1-6H3,(H,18,19). The minimum absolute atomic E-state index is 0.142. The van der Waals surface area contributed by atoms with Crippen LogP contribution in [0.1, 0.15) is 40.5 Å². The lowest BCUT2D eigenvalue weighted by Crippen LogP contribution is -2.45. The molecule has 0 spiro atoms. The van der Waals surface area contributed by atoms with Gasteiger partial charge in [0.1, 0.15) is 0 Å². The average molecular weight is 328 g/mol. The van der Waals surface area contributed by atoms with Gasteiger partial charge >= 0.3 is 0 Å². The van der Waals surface area contributed by atoms with Crippen molar-refractivity contribution in [3.63, 3.8) is 0 Å². The first-order chi connectivity index (χ1) is 11.0. The molecule has 0 aliphatic heterocycles. The third-order valence-electron chi connectivity index (χ3n) is 3.82. The second-order valence-corrected chi connectivity index (χ2v) is 5.81. The minimum atomic E-state index is 0.142. The lowest BCUT2D eigenvalue weighted by Gasteiger charge is -2.26. The molecule has 6 nitrogen and oxygen atoms in total. The molecule has 1 N–H and O–H groups in total. The zero-order valence-electron chi connectivity index (χ0n) is 16.1. The zero-order chi connectivity index (χ0) is 17.7. The van der Waals surface area contributed by atoms with Gasteiger partial charge in [-0.2, -0.15) is 0 Å². The number of hydrogen-bond acceptors (Lipinski definition) is 3. The molecule has 1 amide bonds. The first-order valence-electron chi connectivity index (χ1n) is 8.95. The van der Waals surface area contributed by atoms with Gasteiger partial charge in [-0.05, 0) is 40.8 Å². The molecule has 6 heteroatoms. The molecule has 0 radical (unpaired) electrons. The molecular formula is C17H37N5O. The molecule has 0 atom stereocenters. The fourth-order valence-corrected chi connectivity index (χ4v) is 2.29. The Morgan fingerprint density at radius 1 is 1.04 bits per heavy atom. The number of unbranched alkanes of at least 4 members (excludes halogenated alkanes) is 1. The average Bonchev–Trinajstić information content (AvgIpc) is 2.53. The second-order valence-electron chi connectivity index (χ2n) is 5.81. The van der Waals surface area contributed by atoms with E-state index in [-0.39, 0.29) is 5.91 Å². The molecule has 136 valence electrons. The molecule has 0 aromatic rings. The van der Waals surface area contributed by atoms with Crippen LogP contribution in [0.25, 0.3) is 0 Å². The molecule has 23 heavy (non-hydrogen) atoms. The molecule has 0 aliphatic rings. The molecule has 0 saturated heterocycles. The number of amides is 1. The van der Waals surface area contributed by atoms with Crippen LogP contribution < -0.4 is 5.32 Å². The Morgan fingerprint density at radius 2 is 1.70 bits per heavy atom. The predicted octanol–water partition coefficient (Wildman–Crippen LogP) is 1.48. The number of guanidine groups is 1. The second kappa shape index (κ2) is 13.2. The van der Waals surface area contributed by atoms with Gasteiger partial charge in [0.25, 0.3) is 0 Å². The number of hydrogen-bond donors (Lipinski definition) is 1. The van der Waals surface area contributed by atoms with Crippen LogP contribution in [0, 0.1) is 0 Å². The summed E-state index contributed by atoms with van der Waals surface area (Å²) < 4.78 is 0. The number of rotatable bonds is 11. The molecule has 0 fully saturated rings. The van der Waals surface area contributed by atoms with Crippen LogP contribution in [0.3, 0.4) is 0 Å². The SMILES string of the molecule is CCCCN(C)CCN=C(NCC)N(C)CC(=O)N(CC)CC. The van der Waals surface area contributed by atoms with E-state index in [0.717, 1.165) is 45.2 Å². The van der Waals surface area contributed by atoms with Crippen molar-refractivity contribution in [2.45, 2.75) is 40.5 Å². The van der Waals surface area contributed by atoms with Gasteiger partial charge in [0, 0.05) is 33.2 Å². The summed E-state index contributed by atoms with van der Waals surface area (Å²) >= 11 is 0. The third-order valence-corrected chi connectivity index (χ3v) is 3.82. The molecule has 0 unspecified atom stereocenters. The number of aliphatic imine (C=N–C) groups is 1. The first-order valence-corrected chi connectivity index (χ1v) is 8.95. The number of nitrogens with one attached hydrogen (secondary N) is 1. The van der Waals surface area contributed by atoms with Crippen molar-refractivity contribution in [1.29, 1.82) is 0 Å². The van der Waals surface area contributed by atoms with E-state index < -0.39 is 0 Å². The smallest absolute Gasteiger partial charge is 0.242 e. The van der Waals surface area contributed by atoms with Gasteiger partial charge in [0.05, 0.1) is 13.1 Å². The van der Waals surface area contributed by atoms with Gasteiger partial charge in [-0.3, -0.25) is 9.79 Å². The van der Waals surface area contributed by atoms with Crippen LogP contribution in [0.4, 0.5) is 0 Å². The number of carbonyl (C=O) groups excluding carboxylic acids is 1. The van der Waals surface area contributed by atoms with Crippen LogP contribution in [0.2, 0.25) is 0 Å². The van der Waals surface area contributed by atoms with Crippen molar-refractivity contribution < 1.29 is 4.79 Å². The topological polar surface area (TPSA) is 51.2 Å². The van der Waals surface area contributed by atoms with E-state index in [9.17, 15) is 4.79 Å². The normalized spacial score (nSPS) is 11.7. The van der Waals surface area contributed by atoms with E-state index in [0.29, 0.717) is 6.54 Å². The van der Waals surface area contributed by atoms with Crippen LogP contribution in [0.5, 0.6) is 0 Å². The first kappa shape index (κ1) is 21.7. The van der Waals surface area contributed by atoms with Crippen molar-refractivity contribution in [3.05, 3.63) is 0 Å². The van der Waals surface area contributed by atoms with Crippen LogP contribution >= 0.6 is 0 Å². The summed E-state index contributed by atoms with van der Waals surface area (Å²) in [5.74, 6) is 0.945. The Hall–Kier alpha value is -1.30. The van der Waals surface area contributed by atoms with Crippen molar-refractivity contribution >= 4 is 11.9 Å². The molecule has 0 aromatic heterocycles. The van der Waals surface area contributed by atoms with Crippen LogP contribution in [0.15, 0.2) is 4.99 Å². The van der Waals surface area contributed by atoms with Crippen molar-refractivity contribution in [1.82, 2.24) is 20.0 Å². The highest BCUT2D eigenvalue weighted by Crippen LogP contribution is 1.95. The molecule has 0 aliphatic carbocycles. The summed E-state index contributed by atoms with van der Waals surface area (Å²) in [6.07, 6.45) is 2.44.